The summed E-state index contributed by atoms with van der Waals surface area (Å²) < 4.78 is 6.43. The van der Waals surface area contributed by atoms with Crippen LogP contribution < -0.4 is 11.1 Å². The van der Waals surface area contributed by atoms with E-state index in [4.69, 9.17) is 10.5 Å². The van der Waals surface area contributed by atoms with Crippen LogP contribution in [0.25, 0.3) is 0 Å². The smallest absolute Gasteiger partial charge is 0.269 e. The Morgan fingerprint density at radius 1 is 1.75 bits per heavy atom. The molecule has 0 aromatic carbocycles. The van der Waals surface area contributed by atoms with Crippen molar-refractivity contribution in [2.75, 3.05) is 20.3 Å². The number of carbonyl (C=O) groups is 1. The molecule has 90 valence electrons. The Hall–Kier alpha value is -1.40. The van der Waals surface area contributed by atoms with E-state index in [9.17, 15) is 4.79 Å². The molecule has 1 aromatic rings. The Morgan fingerprint density at radius 3 is 3.06 bits per heavy atom. The van der Waals surface area contributed by atoms with Gasteiger partial charge in [0.25, 0.3) is 5.91 Å². The normalized spacial score (nSPS) is 12.4. The Balaban J connectivity index is 2.29. The third-order valence-electron chi connectivity index (χ3n) is 2.23. The van der Waals surface area contributed by atoms with Gasteiger partial charge in [-0.1, -0.05) is 0 Å². The summed E-state index contributed by atoms with van der Waals surface area (Å²) in [6.07, 6.45) is 2.28. The number of ether oxygens (including phenoxy) is 1. The molecule has 1 atom stereocenters. The highest BCUT2D eigenvalue weighted by atomic mass is 16.5. The predicted octanol–water partition coefficient (Wildman–Crippen LogP) is -0.486. The second-order valence-corrected chi connectivity index (χ2v) is 3.60. The fourth-order valence-electron chi connectivity index (χ4n) is 1.36. The topological polar surface area (TPSA) is 82.2 Å². The van der Waals surface area contributed by atoms with E-state index in [1.165, 1.54) is 4.68 Å². The highest BCUT2D eigenvalue weighted by Gasteiger charge is 2.09. The van der Waals surface area contributed by atoms with Gasteiger partial charge in [-0.05, 0) is 12.5 Å². The van der Waals surface area contributed by atoms with Crippen molar-refractivity contribution in [1.82, 2.24) is 15.1 Å². The first-order valence-corrected chi connectivity index (χ1v) is 5.16. The molecule has 3 N–H and O–H groups in total. The average Bonchev–Trinajstić information content (AvgIpc) is 2.64. The lowest BCUT2D eigenvalue weighted by molar-refractivity contribution is 0.0941. The van der Waals surface area contributed by atoms with E-state index in [2.05, 4.69) is 10.4 Å². The summed E-state index contributed by atoms with van der Waals surface area (Å²) in [4.78, 5) is 11.6. The Labute approximate surface area is 94.8 Å². The van der Waals surface area contributed by atoms with E-state index < -0.39 is 0 Å². The van der Waals surface area contributed by atoms with Crippen LogP contribution in [-0.2, 0) is 11.8 Å². The van der Waals surface area contributed by atoms with Crippen molar-refractivity contribution in [1.29, 1.82) is 0 Å². The third kappa shape index (κ3) is 3.63. The number of aromatic nitrogens is 2. The molecule has 0 spiro atoms. The molecule has 1 heterocycles. The minimum Gasteiger partial charge on any atom is -0.383 e. The maximum absolute atomic E-state index is 11.6. The molecule has 16 heavy (non-hydrogen) atoms. The molecule has 1 rings (SSSR count). The molecule has 6 nitrogen and oxygen atoms in total. The number of hydrogen-bond acceptors (Lipinski definition) is 4. The van der Waals surface area contributed by atoms with E-state index in [1.807, 2.05) is 0 Å². The van der Waals surface area contributed by atoms with E-state index in [0.717, 1.165) is 0 Å². The molecule has 1 aromatic heterocycles. The lowest BCUT2D eigenvalue weighted by atomic mass is 10.2. The summed E-state index contributed by atoms with van der Waals surface area (Å²) in [5.41, 5.74) is 6.27. The fraction of sp³-hybridized carbons (Fsp3) is 0.600. The van der Waals surface area contributed by atoms with Crippen LogP contribution in [0.1, 0.15) is 16.9 Å². The third-order valence-corrected chi connectivity index (χ3v) is 2.23. The molecule has 0 saturated heterocycles. The summed E-state index contributed by atoms with van der Waals surface area (Å²) in [7, 11) is 3.33. The molecule has 0 fully saturated rings. The van der Waals surface area contributed by atoms with Gasteiger partial charge >= 0.3 is 0 Å². The molecular weight excluding hydrogens is 208 g/mol. The summed E-state index contributed by atoms with van der Waals surface area (Å²) in [5.74, 6) is -0.135. The van der Waals surface area contributed by atoms with Gasteiger partial charge < -0.3 is 15.8 Å². The first-order chi connectivity index (χ1) is 7.65. The zero-order valence-electron chi connectivity index (χ0n) is 9.64. The van der Waals surface area contributed by atoms with E-state index >= 15 is 0 Å². The number of nitrogens with one attached hydrogen (secondary N) is 1. The van der Waals surface area contributed by atoms with Crippen LogP contribution in [0.5, 0.6) is 0 Å². The summed E-state index contributed by atoms with van der Waals surface area (Å²) in [6, 6.07) is 1.63. The highest BCUT2D eigenvalue weighted by Crippen LogP contribution is 1.96. The van der Waals surface area contributed by atoms with Gasteiger partial charge in [0.2, 0.25) is 0 Å². The lowest BCUT2D eigenvalue weighted by Gasteiger charge is -2.10. The molecule has 0 bridgehead atoms. The summed E-state index contributed by atoms with van der Waals surface area (Å²) >= 11 is 0. The minimum atomic E-state index is -0.135. The molecule has 0 aliphatic rings. The predicted molar refractivity (Wildman–Crippen MR) is 60.0 cm³/mol. The second-order valence-electron chi connectivity index (χ2n) is 3.60. The number of methoxy groups -OCH3 is 1. The van der Waals surface area contributed by atoms with Crippen molar-refractivity contribution in [3.05, 3.63) is 18.0 Å². The average molecular weight is 226 g/mol. The minimum absolute atomic E-state index is 0.0446. The van der Waals surface area contributed by atoms with Crippen LogP contribution in [0.15, 0.2) is 12.3 Å². The maximum atomic E-state index is 11.6. The molecule has 0 radical (unpaired) electrons. The molecule has 1 unspecified atom stereocenters. The fourth-order valence-corrected chi connectivity index (χ4v) is 1.36. The molecule has 6 heteroatoms. The number of nitrogens with zero attached hydrogens (tertiary/aromatic N) is 2. The van der Waals surface area contributed by atoms with Crippen LogP contribution >= 0.6 is 0 Å². The quantitative estimate of drug-likeness (QED) is 0.686. The van der Waals surface area contributed by atoms with Gasteiger partial charge in [0.05, 0.1) is 6.61 Å². The Kier molecular flexibility index (Phi) is 4.94. The van der Waals surface area contributed by atoms with Gasteiger partial charge in [-0.3, -0.25) is 9.48 Å². The van der Waals surface area contributed by atoms with Crippen LogP contribution in [0.3, 0.4) is 0 Å². The first kappa shape index (κ1) is 12.7. The Bertz CT molecular complexity index is 337. The van der Waals surface area contributed by atoms with E-state index in [0.29, 0.717) is 25.3 Å². The van der Waals surface area contributed by atoms with Crippen molar-refractivity contribution in [2.45, 2.75) is 12.5 Å². The number of nitrogens with two attached hydrogens (primary N) is 1. The van der Waals surface area contributed by atoms with Crippen molar-refractivity contribution >= 4 is 5.91 Å². The molecule has 0 aliphatic heterocycles. The standard InChI is InChI=1S/C10H18N4O2/c1-14-9(4-6-13-14)10(15)12-5-3-8(11)7-16-2/h4,6,8H,3,5,7,11H2,1-2H3,(H,12,15). The largest absolute Gasteiger partial charge is 0.383 e. The number of rotatable bonds is 6. The van der Waals surface area contributed by atoms with Crippen molar-refractivity contribution in [3.63, 3.8) is 0 Å². The van der Waals surface area contributed by atoms with Crippen LogP contribution in [0, 0.1) is 0 Å². The maximum Gasteiger partial charge on any atom is 0.269 e. The van der Waals surface area contributed by atoms with Crippen LogP contribution in [-0.4, -0.2) is 42.0 Å². The van der Waals surface area contributed by atoms with Gasteiger partial charge in [-0.15, -0.1) is 0 Å². The Morgan fingerprint density at radius 2 is 2.50 bits per heavy atom. The van der Waals surface area contributed by atoms with Crippen LogP contribution in [0.2, 0.25) is 0 Å². The van der Waals surface area contributed by atoms with Crippen molar-refractivity contribution in [2.24, 2.45) is 12.8 Å². The molecule has 0 aliphatic carbocycles. The molecular formula is C10H18N4O2. The first-order valence-electron chi connectivity index (χ1n) is 5.16. The van der Waals surface area contributed by atoms with Crippen molar-refractivity contribution < 1.29 is 9.53 Å². The summed E-state index contributed by atoms with van der Waals surface area (Å²) in [5, 5.41) is 6.70. The number of carbonyl (C=O) groups excluding carboxylic acids is 1. The van der Waals surface area contributed by atoms with E-state index in [-0.39, 0.29) is 11.9 Å². The zero-order chi connectivity index (χ0) is 12.0. The SMILES string of the molecule is COCC(N)CCNC(=O)c1ccnn1C. The lowest BCUT2D eigenvalue weighted by Crippen LogP contribution is -2.33. The zero-order valence-corrected chi connectivity index (χ0v) is 9.64. The van der Waals surface area contributed by atoms with Crippen molar-refractivity contribution in [3.8, 4) is 0 Å². The molecule has 0 saturated carbocycles. The number of aryl methyl sites for hydroxylation is 1. The van der Waals surface area contributed by atoms with Gasteiger partial charge in [0, 0.05) is 32.9 Å². The van der Waals surface area contributed by atoms with Gasteiger partial charge in [-0.2, -0.15) is 5.10 Å². The van der Waals surface area contributed by atoms with Gasteiger partial charge in [0.1, 0.15) is 5.69 Å². The molecule has 1 amide bonds. The number of hydrogen-bond donors (Lipinski definition) is 2. The number of amides is 1. The second kappa shape index (κ2) is 6.24. The monoisotopic (exact) mass is 226 g/mol. The van der Waals surface area contributed by atoms with Gasteiger partial charge in [0.15, 0.2) is 0 Å². The highest BCUT2D eigenvalue weighted by molar-refractivity contribution is 5.92. The van der Waals surface area contributed by atoms with E-state index in [1.54, 1.807) is 26.4 Å². The van der Waals surface area contributed by atoms with Gasteiger partial charge in [-0.25, -0.2) is 0 Å². The van der Waals surface area contributed by atoms with Crippen LogP contribution in [0.4, 0.5) is 0 Å². The summed E-state index contributed by atoms with van der Waals surface area (Å²) in [6.45, 7) is 1.04.